The Morgan fingerprint density at radius 2 is 1.42 bits per heavy atom. The highest BCUT2D eigenvalue weighted by molar-refractivity contribution is 8.03. The summed E-state index contributed by atoms with van der Waals surface area (Å²) in [6, 6.07) is 26.7. The fourth-order valence-electron chi connectivity index (χ4n) is 3.68. The van der Waals surface area contributed by atoms with E-state index < -0.39 is 0 Å². The lowest BCUT2D eigenvalue weighted by molar-refractivity contribution is -0.136. The third-order valence-electron chi connectivity index (χ3n) is 5.31. The van der Waals surface area contributed by atoms with Gasteiger partial charge in [0.25, 0.3) is 11.8 Å². The Bertz CT molecular complexity index is 1190. The van der Waals surface area contributed by atoms with Crippen LogP contribution in [0.2, 0.25) is 0 Å². The van der Waals surface area contributed by atoms with Gasteiger partial charge in [0, 0.05) is 24.9 Å². The van der Waals surface area contributed by atoms with E-state index in [1.54, 1.807) is 24.3 Å². The second kappa shape index (κ2) is 10.3. The molecule has 0 saturated carbocycles. The highest BCUT2D eigenvalue weighted by Gasteiger charge is 2.38. The molecular weight excluding hydrogens is 432 g/mol. The summed E-state index contributed by atoms with van der Waals surface area (Å²) in [5.41, 5.74) is 3.88. The smallest absolute Gasteiger partial charge is 0.268 e. The predicted molar refractivity (Wildman–Crippen MR) is 132 cm³/mol. The molecule has 3 aromatic rings. The Labute approximate surface area is 197 Å². The molecule has 0 spiro atoms. The van der Waals surface area contributed by atoms with Crippen molar-refractivity contribution >= 4 is 40.7 Å². The number of rotatable bonds is 8. The molecule has 3 aromatic carbocycles. The minimum Gasteiger partial charge on any atom is -0.326 e. The number of nitrogens with zero attached hydrogens (tertiary/aromatic N) is 1. The van der Waals surface area contributed by atoms with Crippen molar-refractivity contribution in [1.82, 2.24) is 4.90 Å². The maximum absolute atomic E-state index is 13.4. The number of nitrogens with one attached hydrogen (secondary N) is 1. The second-order valence-electron chi connectivity index (χ2n) is 7.73. The van der Waals surface area contributed by atoms with Crippen LogP contribution in [0.15, 0.2) is 89.8 Å². The molecule has 0 saturated heterocycles. The molecule has 1 heterocycles. The van der Waals surface area contributed by atoms with Crippen LogP contribution in [0.1, 0.15) is 23.6 Å². The standard InChI is InChI=1S/C27H24N2O3S/c1-19(30)28-23-14-12-22(13-15-23)24-25(33-18-21-10-6-3-7-11-21)27(32)29(26(24)31)17-16-20-8-4-2-5-9-20/h2-15H,16-18H2,1H3,(H,28,30). The summed E-state index contributed by atoms with van der Waals surface area (Å²) in [5, 5.41) is 2.73. The number of benzene rings is 3. The molecule has 0 unspecified atom stereocenters. The van der Waals surface area contributed by atoms with Gasteiger partial charge in [-0.2, -0.15) is 0 Å². The molecule has 33 heavy (non-hydrogen) atoms. The molecule has 0 bridgehead atoms. The van der Waals surface area contributed by atoms with Crippen LogP contribution in [0, 0.1) is 0 Å². The molecule has 0 aliphatic carbocycles. The van der Waals surface area contributed by atoms with Crippen molar-refractivity contribution in [1.29, 1.82) is 0 Å². The van der Waals surface area contributed by atoms with Crippen molar-refractivity contribution in [2.45, 2.75) is 19.1 Å². The van der Waals surface area contributed by atoms with Crippen LogP contribution in [0.5, 0.6) is 0 Å². The van der Waals surface area contributed by atoms with Crippen LogP contribution in [0.4, 0.5) is 5.69 Å². The van der Waals surface area contributed by atoms with E-state index in [4.69, 9.17) is 0 Å². The van der Waals surface area contributed by atoms with Gasteiger partial charge in [0.05, 0.1) is 10.5 Å². The van der Waals surface area contributed by atoms with Crippen molar-refractivity contribution < 1.29 is 14.4 Å². The first-order valence-electron chi connectivity index (χ1n) is 10.7. The summed E-state index contributed by atoms with van der Waals surface area (Å²) in [6.45, 7) is 1.77. The predicted octanol–water partition coefficient (Wildman–Crippen LogP) is 4.90. The average Bonchev–Trinajstić information content (AvgIpc) is 3.06. The van der Waals surface area contributed by atoms with Gasteiger partial charge in [0.15, 0.2) is 0 Å². The van der Waals surface area contributed by atoms with Gasteiger partial charge in [-0.05, 0) is 35.2 Å². The number of carbonyl (C=O) groups excluding carboxylic acids is 3. The number of amides is 3. The minimum atomic E-state index is -0.279. The SMILES string of the molecule is CC(=O)Nc1ccc(C2=C(SCc3ccccc3)C(=O)N(CCc3ccccc3)C2=O)cc1. The van der Waals surface area contributed by atoms with E-state index in [1.165, 1.54) is 23.6 Å². The Morgan fingerprint density at radius 3 is 2.03 bits per heavy atom. The molecule has 0 aromatic heterocycles. The highest BCUT2D eigenvalue weighted by atomic mass is 32.2. The summed E-state index contributed by atoms with van der Waals surface area (Å²) < 4.78 is 0. The van der Waals surface area contributed by atoms with Crippen LogP contribution in [0.25, 0.3) is 5.57 Å². The van der Waals surface area contributed by atoms with Gasteiger partial charge in [0.2, 0.25) is 5.91 Å². The maximum atomic E-state index is 13.4. The Hall–Kier alpha value is -3.64. The molecule has 0 atom stereocenters. The molecule has 0 fully saturated rings. The first kappa shape index (κ1) is 22.6. The van der Waals surface area contributed by atoms with Gasteiger partial charge in [-0.15, -0.1) is 11.8 Å². The lowest BCUT2D eigenvalue weighted by Crippen LogP contribution is -2.33. The third-order valence-corrected chi connectivity index (χ3v) is 6.46. The van der Waals surface area contributed by atoms with Gasteiger partial charge in [-0.1, -0.05) is 72.8 Å². The van der Waals surface area contributed by atoms with Crippen LogP contribution in [-0.2, 0) is 26.6 Å². The monoisotopic (exact) mass is 456 g/mol. The number of thioether (sulfide) groups is 1. The molecule has 4 rings (SSSR count). The van der Waals surface area contributed by atoms with Crippen molar-refractivity contribution in [3.05, 3.63) is 107 Å². The second-order valence-corrected chi connectivity index (χ2v) is 8.72. The largest absolute Gasteiger partial charge is 0.326 e. The first-order valence-corrected chi connectivity index (χ1v) is 11.7. The molecule has 5 nitrogen and oxygen atoms in total. The van der Waals surface area contributed by atoms with E-state index in [0.29, 0.717) is 40.4 Å². The summed E-state index contributed by atoms with van der Waals surface area (Å²) >= 11 is 1.39. The van der Waals surface area contributed by atoms with E-state index in [9.17, 15) is 14.4 Å². The van der Waals surface area contributed by atoms with Crippen molar-refractivity contribution in [3.63, 3.8) is 0 Å². The fourth-order valence-corrected chi connectivity index (χ4v) is 4.77. The highest BCUT2D eigenvalue weighted by Crippen LogP contribution is 2.38. The molecular formula is C27H24N2O3S. The number of anilines is 1. The Balaban J connectivity index is 1.61. The molecule has 0 radical (unpaired) electrons. The molecule has 1 N–H and O–H groups in total. The van der Waals surface area contributed by atoms with Crippen LogP contribution in [0.3, 0.4) is 0 Å². The zero-order valence-corrected chi connectivity index (χ0v) is 19.1. The van der Waals surface area contributed by atoms with Crippen LogP contribution < -0.4 is 5.32 Å². The van der Waals surface area contributed by atoms with Crippen molar-refractivity contribution in [2.75, 3.05) is 11.9 Å². The molecule has 1 aliphatic heterocycles. The van der Waals surface area contributed by atoms with Gasteiger partial charge < -0.3 is 5.32 Å². The normalized spacial score (nSPS) is 13.5. The minimum absolute atomic E-state index is 0.166. The average molecular weight is 457 g/mol. The topological polar surface area (TPSA) is 66.5 Å². The zero-order valence-electron chi connectivity index (χ0n) is 18.3. The van der Waals surface area contributed by atoms with Gasteiger partial charge in [-0.25, -0.2) is 0 Å². The van der Waals surface area contributed by atoms with Crippen molar-refractivity contribution in [3.8, 4) is 0 Å². The summed E-state index contributed by atoms with van der Waals surface area (Å²) in [4.78, 5) is 39.8. The molecule has 166 valence electrons. The van der Waals surface area contributed by atoms with Crippen LogP contribution >= 0.6 is 11.8 Å². The maximum Gasteiger partial charge on any atom is 0.268 e. The number of carbonyl (C=O) groups is 3. The van der Waals surface area contributed by atoms with E-state index in [2.05, 4.69) is 5.32 Å². The van der Waals surface area contributed by atoms with Gasteiger partial charge >= 0.3 is 0 Å². The molecule has 6 heteroatoms. The van der Waals surface area contributed by atoms with Gasteiger partial charge in [0.1, 0.15) is 0 Å². The summed E-state index contributed by atoms with van der Waals surface area (Å²) in [6.07, 6.45) is 0.601. The third kappa shape index (κ3) is 5.41. The summed E-state index contributed by atoms with van der Waals surface area (Å²) in [7, 11) is 0. The van der Waals surface area contributed by atoms with E-state index in [0.717, 1.165) is 11.1 Å². The van der Waals surface area contributed by atoms with E-state index >= 15 is 0 Å². The quantitative estimate of drug-likeness (QED) is 0.490. The lowest BCUT2D eigenvalue weighted by atomic mass is 10.1. The number of hydrogen-bond donors (Lipinski definition) is 1. The fraction of sp³-hybridized carbons (Fsp3) is 0.148. The number of imide groups is 1. The first-order chi connectivity index (χ1) is 16.0. The Morgan fingerprint density at radius 1 is 0.818 bits per heavy atom. The van der Waals surface area contributed by atoms with Gasteiger partial charge in [-0.3, -0.25) is 19.3 Å². The summed E-state index contributed by atoms with van der Waals surface area (Å²) in [5.74, 6) is -0.105. The molecule has 3 amide bonds. The number of hydrogen-bond acceptors (Lipinski definition) is 4. The Kier molecular flexibility index (Phi) is 7.05. The lowest BCUT2D eigenvalue weighted by Gasteiger charge is -2.15. The zero-order chi connectivity index (χ0) is 23.2. The van der Waals surface area contributed by atoms with E-state index in [1.807, 2.05) is 60.7 Å². The van der Waals surface area contributed by atoms with E-state index in [-0.39, 0.29) is 17.7 Å². The van der Waals surface area contributed by atoms with Crippen molar-refractivity contribution in [2.24, 2.45) is 0 Å². The van der Waals surface area contributed by atoms with Crippen LogP contribution in [-0.4, -0.2) is 29.2 Å². The molecule has 1 aliphatic rings.